The van der Waals surface area contributed by atoms with Crippen LogP contribution in [0.4, 0.5) is 5.82 Å². The van der Waals surface area contributed by atoms with Crippen LogP contribution in [0.25, 0.3) is 22.2 Å². The third-order valence-electron chi connectivity index (χ3n) is 4.54. The van der Waals surface area contributed by atoms with Crippen LogP contribution in [0.1, 0.15) is 24.8 Å². The molecule has 0 bridgehead atoms. The highest BCUT2D eigenvalue weighted by molar-refractivity contribution is 6.01. The van der Waals surface area contributed by atoms with E-state index in [-0.39, 0.29) is 0 Å². The molecule has 0 saturated carbocycles. The molecule has 0 atom stereocenters. The van der Waals surface area contributed by atoms with Gasteiger partial charge in [-0.25, -0.2) is 9.97 Å². The van der Waals surface area contributed by atoms with Gasteiger partial charge in [0, 0.05) is 24.8 Å². The second kappa shape index (κ2) is 5.44. The van der Waals surface area contributed by atoms with Crippen molar-refractivity contribution in [2.24, 2.45) is 0 Å². The molecule has 22 heavy (non-hydrogen) atoms. The van der Waals surface area contributed by atoms with Gasteiger partial charge in [-0.2, -0.15) is 0 Å². The van der Waals surface area contributed by atoms with Gasteiger partial charge in [0.25, 0.3) is 0 Å². The highest BCUT2D eigenvalue weighted by atomic mass is 15.2. The Hall–Kier alpha value is -2.36. The number of hydrogen-bond acceptors (Lipinski definition) is 3. The molecule has 0 aliphatic carbocycles. The molecule has 4 rings (SSSR count). The molecular weight excluding hydrogens is 272 g/mol. The van der Waals surface area contributed by atoms with Crippen LogP contribution in [-0.2, 0) is 0 Å². The topological polar surface area (TPSA) is 44.8 Å². The largest absolute Gasteiger partial charge is 0.356 e. The molecule has 1 fully saturated rings. The number of aryl methyl sites for hydroxylation is 1. The van der Waals surface area contributed by atoms with E-state index in [1.54, 1.807) is 6.33 Å². The quantitative estimate of drug-likeness (QED) is 0.778. The van der Waals surface area contributed by atoms with Gasteiger partial charge in [-0.1, -0.05) is 24.3 Å². The van der Waals surface area contributed by atoms with E-state index < -0.39 is 0 Å². The lowest BCUT2D eigenvalue weighted by Gasteiger charge is -2.28. The van der Waals surface area contributed by atoms with Crippen LogP contribution in [0.2, 0.25) is 0 Å². The molecule has 3 heterocycles. The number of aromatic amines is 1. The monoisotopic (exact) mass is 292 g/mol. The molecule has 4 nitrogen and oxygen atoms in total. The van der Waals surface area contributed by atoms with Crippen LogP contribution in [0.15, 0.2) is 36.8 Å². The molecule has 0 amide bonds. The van der Waals surface area contributed by atoms with E-state index in [0.29, 0.717) is 0 Å². The molecule has 1 aromatic carbocycles. The molecule has 112 valence electrons. The SMILES string of the molecule is Cc1ccccc1-c1c[nH]c2ncnc(N3CCCCC3)c12. The first-order chi connectivity index (χ1) is 10.8. The van der Waals surface area contributed by atoms with Gasteiger partial charge in [-0.15, -0.1) is 0 Å². The number of rotatable bonds is 2. The van der Waals surface area contributed by atoms with E-state index in [9.17, 15) is 0 Å². The average molecular weight is 292 g/mol. The standard InChI is InChI=1S/C18H20N4/c1-13-7-3-4-8-14(13)15-11-19-17-16(15)18(21-12-20-17)22-9-5-2-6-10-22/h3-4,7-8,11-12H,2,5-6,9-10H2,1H3,(H,19,20,21). The number of hydrogen-bond donors (Lipinski definition) is 1. The highest BCUT2D eigenvalue weighted by Crippen LogP contribution is 2.35. The maximum Gasteiger partial charge on any atom is 0.143 e. The summed E-state index contributed by atoms with van der Waals surface area (Å²) in [5.41, 5.74) is 4.65. The van der Waals surface area contributed by atoms with Gasteiger partial charge < -0.3 is 9.88 Å². The lowest BCUT2D eigenvalue weighted by Crippen LogP contribution is -2.30. The van der Waals surface area contributed by atoms with Crippen molar-refractivity contribution >= 4 is 16.9 Å². The van der Waals surface area contributed by atoms with Gasteiger partial charge in [-0.3, -0.25) is 0 Å². The van der Waals surface area contributed by atoms with Gasteiger partial charge in [0.15, 0.2) is 0 Å². The summed E-state index contributed by atoms with van der Waals surface area (Å²) in [4.78, 5) is 14.8. The normalized spacial score (nSPS) is 15.4. The molecule has 0 spiro atoms. The van der Waals surface area contributed by atoms with Crippen LogP contribution in [-0.4, -0.2) is 28.0 Å². The minimum absolute atomic E-state index is 0.925. The Morgan fingerprint density at radius 3 is 2.64 bits per heavy atom. The Labute approximate surface area is 130 Å². The van der Waals surface area contributed by atoms with Crippen molar-refractivity contribution in [1.29, 1.82) is 0 Å². The van der Waals surface area contributed by atoms with Crippen molar-refractivity contribution in [3.63, 3.8) is 0 Å². The molecule has 1 aliphatic rings. The third kappa shape index (κ3) is 2.15. The number of piperidine rings is 1. The van der Waals surface area contributed by atoms with E-state index >= 15 is 0 Å². The van der Waals surface area contributed by atoms with Crippen LogP contribution < -0.4 is 4.90 Å². The number of anilines is 1. The van der Waals surface area contributed by atoms with Crippen LogP contribution in [0, 0.1) is 6.92 Å². The number of nitrogens with zero attached hydrogens (tertiary/aromatic N) is 3. The summed E-state index contributed by atoms with van der Waals surface area (Å²) in [6.45, 7) is 4.33. The van der Waals surface area contributed by atoms with Crippen molar-refractivity contribution in [3.8, 4) is 11.1 Å². The second-order valence-corrected chi connectivity index (χ2v) is 5.99. The number of benzene rings is 1. The fraction of sp³-hybridized carbons (Fsp3) is 0.333. The molecular formula is C18H20N4. The molecule has 0 unspecified atom stereocenters. The van der Waals surface area contributed by atoms with E-state index in [4.69, 9.17) is 0 Å². The third-order valence-corrected chi connectivity index (χ3v) is 4.54. The minimum atomic E-state index is 0.925. The van der Waals surface area contributed by atoms with Crippen molar-refractivity contribution in [2.75, 3.05) is 18.0 Å². The molecule has 0 radical (unpaired) electrons. The Morgan fingerprint density at radius 1 is 1.00 bits per heavy atom. The van der Waals surface area contributed by atoms with E-state index in [1.165, 1.54) is 36.0 Å². The molecule has 1 N–H and O–H groups in total. The van der Waals surface area contributed by atoms with Gasteiger partial charge in [0.05, 0.1) is 5.39 Å². The summed E-state index contributed by atoms with van der Waals surface area (Å²) < 4.78 is 0. The number of fused-ring (bicyclic) bond motifs is 1. The Bertz CT molecular complexity index is 800. The Kier molecular flexibility index (Phi) is 3.29. The summed E-state index contributed by atoms with van der Waals surface area (Å²) in [7, 11) is 0. The Balaban J connectivity index is 1.91. The van der Waals surface area contributed by atoms with E-state index in [1.807, 2.05) is 0 Å². The fourth-order valence-electron chi connectivity index (χ4n) is 3.38. The van der Waals surface area contributed by atoms with Gasteiger partial charge >= 0.3 is 0 Å². The summed E-state index contributed by atoms with van der Waals surface area (Å²) in [6.07, 6.45) is 7.55. The smallest absolute Gasteiger partial charge is 0.143 e. The number of H-pyrrole nitrogens is 1. The van der Waals surface area contributed by atoms with Crippen LogP contribution >= 0.6 is 0 Å². The predicted molar refractivity (Wildman–Crippen MR) is 90.1 cm³/mol. The average Bonchev–Trinajstić information content (AvgIpc) is 3.00. The molecule has 1 saturated heterocycles. The first-order valence-corrected chi connectivity index (χ1v) is 7.97. The van der Waals surface area contributed by atoms with Crippen LogP contribution in [0.5, 0.6) is 0 Å². The second-order valence-electron chi connectivity index (χ2n) is 5.99. The lowest BCUT2D eigenvalue weighted by molar-refractivity contribution is 0.574. The summed E-state index contributed by atoms with van der Waals surface area (Å²) in [5, 5.41) is 1.15. The highest BCUT2D eigenvalue weighted by Gasteiger charge is 2.19. The van der Waals surface area contributed by atoms with Gasteiger partial charge in [0.2, 0.25) is 0 Å². The van der Waals surface area contributed by atoms with Crippen molar-refractivity contribution in [3.05, 3.63) is 42.4 Å². The van der Waals surface area contributed by atoms with Crippen molar-refractivity contribution in [2.45, 2.75) is 26.2 Å². The zero-order valence-electron chi connectivity index (χ0n) is 12.8. The number of nitrogens with one attached hydrogen (secondary N) is 1. The Morgan fingerprint density at radius 2 is 1.82 bits per heavy atom. The molecule has 4 heteroatoms. The summed E-state index contributed by atoms with van der Waals surface area (Å²) >= 11 is 0. The van der Waals surface area contributed by atoms with Gasteiger partial charge in [0.1, 0.15) is 17.8 Å². The number of aromatic nitrogens is 3. The zero-order valence-corrected chi connectivity index (χ0v) is 12.8. The minimum Gasteiger partial charge on any atom is -0.356 e. The maximum atomic E-state index is 4.61. The predicted octanol–water partition coefficient (Wildman–Crippen LogP) is 3.92. The fourth-order valence-corrected chi connectivity index (χ4v) is 3.38. The summed E-state index contributed by atoms with van der Waals surface area (Å²) in [6, 6.07) is 8.49. The van der Waals surface area contributed by atoms with Crippen LogP contribution in [0.3, 0.4) is 0 Å². The van der Waals surface area contributed by atoms with Crippen molar-refractivity contribution in [1.82, 2.24) is 15.0 Å². The summed E-state index contributed by atoms with van der Waals surface area (Å²) in [5.74, 6) is 1.07. The zero-order chi connectivity index (χ0) is 14.9. The van der Waals surface area contributed by atoms with Crippen molar-refractivity contribution < 1.29 is 0 Å². The first kappa shape index (κ1) is 13.3. The van der Waals surface area contributed by atoms with E-state index in [0.717, 1.165) is 29.9 Å². The molecule has 2 aromatic heterocycles. The lowest BCUT2D eigenvalue weighted by atomic mass is 10.0. The molecule has 1 aliphatic heterocycles. The van der Waals surface area contributed by atoms with E-state index in [2.05, 4.69) is 57.2 Å². The van der Waals surface area contributed by atoms with Gasteiger partial charge in [-0.05, 0) is 37.3 Å². The maximum absolute atomic E-state index is 4.61. The molecule has 3 aromatic rings. The first-order valence-electron chi connectivity index (χ1n) is 7.97.